The van der Waals surface area contributed by atoms with Crippen LogP contribution in [0.25, 0.3) is 0 Å². The van der Waals surface area contributed by atoms with E-state index in [0.29, 0.717) is 11.5 Å². The van der Waals surface area contributed by atoms with Crippen molar-refractivity contribution >= 4 is 5.97 Å². The molecule has 2 nitrogen and oxygen atoms in total. The van der Waals surface area contributed by atoms with Crippen LogP contribution in [-0.4, -0.2) is 13.1 Å². The summed E-state index contributed by atoms with van der Waals surface area (Å²) in [6.07, 6.45) is 0. The average molecular weight is 192 g/mol. The summed E-state index contributed by atoms with van der Waals surface area (Å²) in [5.74, 6) is 0.0812. The standard InChI is InChI=1S/C12H16O2/c1-8(2)11-7-9(3)5-6-10(11)12(13)14-4/h5-8H,1-4H3. The molecule has 0 atom stereocenters. The minimum atomic E-state index is -0.256. The molecular weight excluding hydrogens is 176 g/mol. The summed E-state index contributed by atoms with van der Waals surface area (Å²) in [7, 11) is 1.41. The Labute approximate surface area is 84.9 Å². The quantitative estimate of drug-likeness (QED) is 0.673. The van der Waals surface area contributed by atoms with Gasteiger partial charge in [-0.25, -0.2) is 4.79 Å². The molecule has 0 unspecified atom stereocenters. The Morgan fingerprint density at radius 1 is 1.36 bits per heavy atom. The van der Waals surface area contributed by atoms with Crippen LogP contribution >= 0.6 is 0 Å². The molecule has 0 heterocycles. The highest BCUT2D eigenvalue weighted by Gasteiger charge is 2.13. The number of rotatable bonds is 2. The Morgan fingerprint density at radius 2 is 2.00 bits per heavy atom. The highest BCUT2D eigenvalue weighted by Crippen LogP contribution is 2.21. The third-order valence-corrected chi connectivity index (χ3v) is 2.23. The largest absolute Gasteiger partial charge is 0.465 e. The number of hydrogen-bond donors (Lipinski definition) is 0. The van der Waals surface area contributed by atoms with Crippen molar-refractivity contribution in [2.45, 2.75) is 26.7 Å². The highest BCUT2D eigenvalue weighted by molar-refractivity contribution is 5.91. The van der Waals surface area contributed by atoms with Gasteiger partial charge in [-0.3, -0.25) is 0 Å². The van der Waals surface area contributed by atoms with Gasteiger partial charge in [-0.2, -0.15) is 0 Å². The summed E-state index contributed by atoms with van der Waals surface area (Å²) >= 11 is 0. The molecule has 0 saturated heterocycles. The molecule has 2 heteroatoms. The van der Waals surface area contributed by atoms with Crippen molar-refractivity contribution in [2.75, 3.05) is 7.11 Å². The van der Waals surface area contributed by atoms with Gasteiger partial charge in [0.25, 0.3) is 0 Å². The molecule has 0 aliphatic carbocycles. The number of carbonyl (C=O) groups excluding carboxylic acids is 1. The van der Waals surface area contributed by atoms with Crippen molar-refractivity contribution in [3.63, 3.8) is 0 Å². The van der Waals surface area contributed by atoms with Crippen molar-refractivity contribution < 1.29 is 9.53 Å². The van der Waals surface area contributed by atoms with Gasteiger partial charge in [0.1, 0.15) is 0 Å². The number of hydrogen-bond acceptors (Lipinski definition) is 2. The first-order valence-corrected chi connectivity index (χ1v) is 4.75. The van der Waals surface area contributed by atoms with Gasteiger partial charge in [0.2, 0.25) is 0 Å². The van der Waals surface area contributed by atoms with Crippen molar-refractivity contribution in [1.82, 2.24) is 0 Å². The van der Waals surface area contributed by atoms with Crippen molar-refractivity contribution in [2.24, 2.45) is 0 Å². The van der Waals surface area contributed by atoms with Crippen LogP contribution in [0.4, 0.5) is 0 Å². The fourth-order valence-corrected chi connectivity index (χ4v) is 1.46. The molecule has 0 spiro atoms. The maximum Gasteiger partial charge on any atom is 0.338 e. The third kappa shape index (κ3) is 2.13. The van der Waals surface area contributed by atoms with E-state index in [2.05, 4.69) is 13.8 Å². The van der Waals surface area contributed by atoms with E-state index in [1.165, 1.54) is 12.7 Å². The predicted octanol–water partition coefficient (Wildman–Crippen LogP) is 2.91. The first kappa shape index (κ1) is 10.8. The van der Waals surface area contributed by atoms with Crippen LogP contribution in [0.2, 0.25) is 0 Å². The van der Waals surface area contributed by atoms with Gasteiger partial charge in [-0.15, -0.1) is 0 Å². The van der Waals surface area contributed by atoms with Gasteiger partial charge >= 0.3 is 5.97 Å². The summed E-state index contributed by atoms with van der Waals surface area (Å²) in [6.45, 7) is 6.16. The number of methoxy groups -OCH3 is 1. The smallest absolute Gasteiger partial charge is 0.338 e. The fourth-order valence-electron chi connectivity index (χ4n) is 1.46. The second-order valence-electron chi connectivity index (χ2n) is 3.74. The van der Waals surface area contributed by atoms with Crippen LogP contribution in [-0.2, 0) is 4.74 Å². The van der Waals surface area contributed by atoms with Crippen molar-refractivity contribution in [3.8, 4) is 0 Å². The predicted molar refractivity (Wildman–Crippen MR) is 56.6 cm³/mol. The third-order valence-electron chi connectivity index (χ3n) is 2.23. The van der Waals surface area contributed by atoms with Gasteiger partial charge in [0, 0.05) is 0 Å². The minimum absolute atomic E-state index is 0.256. The van der Waals surface area contributed by atoms with Crippen molar-refractivity contribution in [1.29, 1.82) is 0 Å². The number of esters is 1. The second-order valence-corrected chi connectivity index (χ2v) is 3.74. The molecule has 0 radical (unpaired) electrons. The van der Waals surface area contributed by atoms with Gasteiger partial charge in [-0.1, -0.05) is 31.5 Å². The Balaban J connectivity index is 3.21. The molecule has 0 N–H and O–H groups in total. The molecular formula is C12H16O2. The lowest BCUT2D eigenvalue weighted by Gasteiger charge is -2.11. The molecule has 76 valence electrons. The number of carbonyl (C=O) groups is 1. The first-order valence-electron chi connectivity index (χ1n) is 4.75. The first-order chi connectivity index (χ1) is 6.56. The average Bonchev–Trinajstić information content (AvgIpc) is 2.16. The zero-order valence-corrected chi connectivity index (χ0v) is 9.13. The van der Waals surface area contributed by atoms with Crippen LogP contribution in [0.5, 0.6) is 0 Å². The van der Waals surface area contributed by atoms with Crippen LogP contribution in [0, 0.1) is 6.92 Å². The Kier molecular flexibility index (Phi) is 3.28. The molecule has 0 aliphatic rings. The van der Waals surface area contributed by atoms with Crippen molar-refractivity contribution in [3.05, 3.63) is 34.9 Å². The van der Waals surface area contributed by atoms with E-state index in [0.717, 1.165) is 5.56 Å². The van der Waals surface area contributed by atoms with Gasteiger partial charge < -0.3 is 4.74 Å². The molecule has 1 aromatic carbocycles. The summed E-state index contributed by atoms with van der Waals surface area (Å²) in [5.41, 5.74) is 2.89. The molecule has 0 aromatic heterocycles. The number of ether oxygens (including phenoxy) is 1. The van der Waals surface area contributed by atoms with Crippen LogP contribution in [0.1, 0.15) is 41.3 Å². The lowest BCUT2D eigenvalue weighted by atomic mass is 9.95. The van der Waals surface area contributed by atoms with Crippen LogP contribution in [0.3, 0.4) is 0 Å². The summed E-state index contributed by atoms with van der Waals surface area (Å²) in [4.78, 5) is 11.4. The fraction of sp³-hybridized carbons (Fsp3) is 0.417. The molecule has 0 aliphatic heterocycles. The van der Waals surface area contributed by atoms with Gasteiger partial charge in [-0.05, 0) is 24.5 Å². The normalized spacial score (nSPS) is 10.4. The second kappa shape index (κ2) is 4.27. The van der Waals surface area contributed by atoms with E-state index in [-0.39, 0.29) is 5.97 Å². The van der Waals surface area contributed by atoms with E-state index in [1.807, 2.05) is 25.1 Å². The summed E-state index contributed by atoms with van der Waals surface area (Å²) < 4.78 is 4.73. The monoisotopic (exact) mass is 192 g/mol. The molecule has 0 saturated carbocycles. The molecule has 1 aromatic rings. The summed E-state index contributed by atoms with van der Waals surface area (Å²) in [5, 5.41) is 0. The SMILES string of the molecule is COC(=O)c1ccc(C)cc1C(C)C. The number of aryl methyl sites for hydroxylation is 1. The van der Waals surface area contributed by atoms with E-state index < -0.39 is 0 Å². The topological polar surface area (TPSA) is 26.3 Å². The van der Waals surface area contributed by atoms with E-state index >= 15 is 0 Å². The Hall–Kier alpha value is -1.31. The molecule has 1 rings (SSSR count). The van der Waals surface area contributed by atoms with Crippen LogP contribution in [0.15, 0.2) is 18.2 Å². The maximum atomic E-state index is 11.4. The molecule has 0 amide bonds. The molecule has 14 heavy (non-hydrogen) atoms. The zero-order valence-electron chi connectivity index (χ0n) is 9.13. The lowest BCUT2D eigenvalue weighted by molar-refractivity contribution is 0.0599. The van der Waals surface area contributed by atoms with E-state index in [1.54, 1.807) is 0 Å². The van der Waals surface area contributed by atoms with E-state index in [4.69, 9.17) is 4.74 Å². The van der Waals surface area contributed by atoms with Gasteiger partial charge in [0.15, 0.2) is 0 Å². The Bertz CT molecular complexity index is 340. The van der Waals surface area contributed by atoms with Crippen LogP contribution < -0.4 is 0 Å². The number of benzene rings is 1. The van der Waals surface area contributed by atoms with E-state index in [9.17, 15) is 4.79 Å². The summed E-state index contributed by atoms with van der Waals surface area (Å²) in [6, 6.07) is 5.80. The molecule has 0 bridgehead atoms. The maximum absolute atomic E-state index is 11.4. The highest BCUT2D eigenvalue weighted by atomic mass is 16.5. The zero-order chi connectivity index (χ0) is 10.7. The lowest BCUT2D eigenvalue weighted by Crippen LogP contribution is -2.07. The van der Waals surface area contributed by atoms with Gasteiger partial charge in [0.05, 0.1) is 12.7 Å². The Morgan fingerprint density at radius 3 is 2.50 bits per heavy atom. The molecule has 0 fully saturated rings. The minimum Gasteiger partial charge on any atom is -0.465 e.